The quantitative estimate of drug-likeness (QED) is 0.317. The fourth-order valence-electron chi connectivity index (χ4n) is 5.80. The topological polar surface area (TPSA) is 81.0 Å². The third-order valence-corrected chi connectivity index (χ3v) is 8.45. The average molecular weight is 516 g/mol. The van der Waals surface area contributed by atoms with Crippen molar-refractivity contribution in [2.45, 2.75) is 63.6 Å². The number of aliphatic carboxylic acids is 1. The highest BCUT2D eigenvalue weighted by molar-refractivity contribution is 5.80. The molecule has 0 aliphatic carbocycles. The summed E-state index contributed by atoms with van der Waals surface area (Å²) < 4.78 is 0. The first kappa shape index (κ1) is 28.0. The number of aliphatic hydroxyl groups excluding tert-OH is 1. The third-order valence-electron chi connectivity index (χ3n) is 8.45. The number of aryl methyl sites for hydroxylation is 1. The maximum atomic E-state index is 12.2. The molecule has 0 bridgehead atoms. The highest BCUT2D eigenvalue weighted by atomic mass is 16.4. The Balaban J connectivity index is 1.33. The molecule has 5 heteroatoms. The van der Waals surface area contributed by atoms with Crippen molar-refractivity contribution < 1.29 is 20.1 Å². The molecule has 2 atom stereocenters. The van der Waals surface area contributed by atoms with E-state index in [4.69, 9.17) is 0 Å². The first-order valence-corrected chi connectivity index (χ1v) is 13.7. The van der Waals surface area contributed by atoms with Crippen LogP contribution in [0.2, 0.25) is 0 Å². The van der Waals surface area contributed by atoms with Gasteiger partial charge in [-0.05, 0) is 99.8 Å². The number of benzene rings is 3. The van der Waals surface area contributed by atoms with E-state index in [9.17, 15) is 20.1 Å². The van der Waals surface area contributed by atoms with E-state index in [0.29, 0.717) is 6.42 Å². The van der Waals surface area contributed by atoms with E-state index in [0.717, 1.165) is 66.7 Å². The van der Waals surface area contributed by atoms with Crippen LogP contribution in [0.4, 0.5) is 0 Å². The monoisotopic (exact) mass is 515 g/mol. The lowest BCUT2D eigenvalue weighted by atomic mass is 9.71. The van der Waals surface area contributed by atoms with Crippen molar-refractivity contribution in [2.75, 3.05) is 19.6 Å². The van der Waals surface area contributed by atoms with Crippen LogP contribution in [0.3, 0.4) is 0 Å². The number of likely N-dealkylation sites (tertiary alicyclic amines) is 1. The minimum atomic E-state index is -1.02. The van der Waals surface area contributed by atoms with Gasteiger partial charge in [-0.2, -0.15) is 0 Å². The summed E-state index contributed by atoms with van der Waals surface area (Å²) in [4.78, 5) is 13.9. The molecule has 4 rings (SSSR count). The summed E-state index contributed by atoms with van der Waals surface area (Å²) in [7, 11) is 0. The van der Waals surface area contributed by atoms with Crippen LogP contribution in [-0.4, -0.2) is 45.8 Å². The van der Waals surface area contributed by atoms with Crippen LogP contribution in [0.25, 0.3) is 0 Å². The van der Waals surface area contributed by atoms with Crippen LogP contribution in [-0.2, 0) is 15.8 Å². The Bertz CT molecular complexity index is 1200. The second-order valence-electron chi connectivity index (χ2n) is 11.3. The lowest BCUT2D eigenvalue weighted by Gasteiger charge is -2.43. The Morgan fingerprint density at radius 1 is 0.921 bits per heavy atom. The predicted octanol–water partition coefficient (Wildman–Crippen LogP) is 5.82. The zero-order chi connectivity index (χ0) is 27.3. The molecule has 3 aromatic rings. The third kappa shape index (κ3) is 5.85. The molecule has 0 amide bonds. The average Bonchev–Trinajstić information content (AvgIpc) is 2.93. The van der Waals surface area contributed by atoms with E-state index in [2.05, 4.69) is 24.0 Å². The summed E-state index contributed by atoms with van der Waals surface area (Å²) in [6.07, 6.45) is 2.76. The molecule has 1 aliphatic rings. The van der Waals surface area contributed by atoms with Crippen LogP contribution >= 0.6 is 0 Å². The van der Waals surface area contributed by atoms with Crippen molar-refractivity contribution >= 4 is 5.97 Å². The number of piperidine rings is 1. The minimum absolute atomic E-state index is 0.126. The number of nitrogens with zero attached hydrogens (tertiary/aromatic N) is 1. The number of hydrogen-bond acceptors (Lipinski definition) is 4. The van der Waals surface area contributed by atoms with Crippen LogP contribution in [0.15, 0.2) is 78.9 Å². The van der Waals surface area contributed by atoms with Gasteiger partial charge in [-0.1, -0.05) is 78.9 Å². The number of carbonyl (C=O) groups is 1. The Labute approximate surface area is 226 Å². The molecule has 1 fully saturated rings. The highest BCUT2D eigenvalue weighted by Crippen LogP contribution is 2.43. The lowest BCUT2D eigenvalue weighted by molar-refractivity contribution is -0.142. The molecular weight excluding hydrogens is 474 g/mol. The van der Waals surface area contributed by atoms with Gasteiger partial charge in [0.25, 0.3) is 0 Å². The van der Waals surface area contributed by atoms with E-state index >= 15 is 0 Å². The van der Waals surface area contributed by atoms with Crippen molar-refractivity contribution in [2.24, 2.45) is 5.92 Å². The van der Waals surface area contributed by atoms with Gasteiger partial charge in [0.1, 0.15) is 5.60 Å². The number of hydrogen-bond donors (Lipinski definition) is 3. The van der Waals surface area contributed by atoms with Crippen molar-refractivity contribution in [1.29, 1.82) is 0 Å². The van der Waals surface area contributed by atoms with E-state index in [1.807, 2.05) is 54.6 Å². The Morgan fingerprint density at radius 2 is 1.53 bits per heavy atom. The molecule has 0 aromatic heterocycles. The number of carboxylic acid groups (broad SMARTS) is 1. The van der Waals surface area contributed by atoms with E-state index < -0.39 is 23.1 Å². The molecule has 1 heterocycles. The number of aliphatic hydroxyl groups is 2. The van der Waals surface area contributed by atoms with Gasteiger partial charge in [0.15, 0.2) is 0 Å². The molecule has 3 N–H and O–H groups in total. The normalized spacial score (nSPS) is 17.6. The van der Waals surface area contributed by atoms with Gasteiger partial charge < -0.3 is 20.2 Å². The fourth-order valence-corrected chi connectivity index (χ4v) is 5.80. The van der Waals surface area contributed by atoms with Crippen LogP contribution in [0.5, 0.6) is 0 Å². The molecule has 38 heavy (non-hydrogen) atoms. The SMILES string of the molecule is Cc1ccccc1C(O)(c1ccccc1)C1CCN(CCCC(O)c2ccc(C(C)(C)C(=O)O)cc2)CC1. The zero-order valence-corrected chi connectivity index (χ0v) is 22.8. The molecule has 2 unspecified atom stereocenters. The maximum Gasteiger partial charge on any atom is 0.313 e. The van der Waals surface area contributed by atoms with Gasteiger partial charge in [-0.25, -0.2) is 0 Å². The van der Waals surface area contributed by atoms with Crippen LogP contribution in [0.1, 0.15) is 73.5 Å². The van der Waals surface area contributed by atoms with Crippen LogP contribution in [0, 0.1) is 12.8 Å². The molecular formula is C33H41NO4. The summed E-state index contributed by atoms with van der Waals surface area (Å²) >= 11 is 0. The molecule has 0 radical (unpaired) electrons. The summed E-state index contributed by atoms with van der Waals surface area (Å²) in [6, 6.07) is 25.5. The van der Waals surface area contributed by atoms with Gasteiger partial charge >= 0.3 is 5.97 Å². The van der Waals surface area contributed by atoms with Crippen LogP contribution < -0.4 is 0 Å². The number of rotatable bonds is 10. The van der Waals surface area contributed by atoms with E-state index in [1.165, 1.54) is 0 Å². The minimum Gasteiger partial charge on any atom is -0.481 e. The smallest absolute Gasteiger partial charge is 0.313 e. The molecule has 0 saturated carbocycles. The van der Waals surface area contributed by atoms with Gasteiger partial charge in [-0.15, -0.1) is 0 Å². The standard InChI is InChI=1S/C33H41NO4/c1-24-10-7-8-13-29(24)33(38,27-11-5-4-6-12-27)28-19-22-34(23-20-28)21-9-14-30(35)25-15-17-26(18-16-25)32(2,3)31(36)37/h4-8,10-13,15-18,28,30,35,38H,9,14,19-23H2,1-3H3,(H,36,37). The van der Waals surface area contributed by atoms with E-state index in [-0.39, 0.29) is 5.92 Å². The molecule has 0 spiro atoms. The summed E-state index contributed by atoms with van der Waals surface area (Å²) in [6.45, 7) is 8.19. The maximum absolute atomic E-state index is 12.2. The van der Waals surface area contributed by atoms with E-state index in [1.54, 1.807) is 26.0 Å². The molecule has 1 aliphatic heterocycles. The van der Waals surface area contributed by atoms with Gasteiger partial charge in [0.05, 0.1) is 11.5 Å². The summed E-state index contributed by atoms with van der Waals surface area (Å²) in [5.41, 5.74) is 2.62. The Hall–Kier alpha value is -2.99. The van der Waals surface area contributed by atoms with Gasteiger partial charge in [-0.3, -0.25) is 4.79 Å². The second-order valence-corrected chi connectivity index (χ2v) is 11.3. The molecule has 5 nitrogen and oxygen atoms in total. The lowest BCUT2D eigenvalue weighted by Crippen LogP contribution is -2.44. The van der Waals surface area contributed by atoms with Crippen molar-refractivity contribution in [1.82, 2.24) is 4.90 Å². The van der Waals surface area contributed by atoms with Crippen molar-refractivity contribution in [3.8, 4) is 0 Å². The summed E-state index contributed by atoms with van der Waals surface area (Å²) in [5.74, 6) is -0.739. The van der Waals surface area contributed by atoms with Crippen molar-refractivity contribution in [3.63, 3.8) is 0 Å². The Morgan fingerprint density at radius 3 is 2.13 bits per heavy atom. The second kappa shape index (κ2) is 11.8. The number of carboxylic acids is 1. The highest BCUT2D eigenvalue weighted by Gasteiger charge is 2.42. The molecule has 202 valence electrons. The largest absolute Gasteiger partial charge is 0.481 e. The van der Waals surface area contributed by atoms with Gasteiger partial charge in [0.2, 0.25) is 0 Å². The zero-order valence-electron chi connectivity index (χ0n) is 22.8. The first-order chi connectivity index (χ1) is 18.1. The Kier molecular flexibility index (Phi) is 8.71. The van der Waals surface area contributed by atoms with Gasteiger partial charge in [0, 0.05) is 0 Å². The summed E-state index contributed by atoms with van der Waals surface area (Å²) in [5, 5.41) is 32.4. The van der Waals surface area contributed by atoms with Crippen molar-refractivity contribution in [3.05, 3.63) is 107 Å². The predicted molar refractivity (Wildman–Crippen MR) is 151 cm³/mol. The molecule has 1 saturated heterocycles. The fraction of sp³-hybridized carbons (Fsp3) is 0.424. The first-order valence-electron chi connectivity index (χ1n) is 13.7. The molecule has 3 aromatic carbocycles.